The lowest BCUT2D eigenvalue weighted by Crippen LogP contribution is -2.37. The number of para-hydroxylation sites is 1. The quantitative estimate of drug-likeness (QED) is 0.859. The molecule has 2 aliphatic heterocycles. The van der Waals surface area contributed by atoms with E-state index >= 15 is 0 Å². The molecule has 6 heteroatoms. The molecule has 1 aromatic carbocycles. The molecule has 1 amide bonds. The van der Waals surface area contributed by atoms with Crippen LogP contribution in [0.5, 0.6) is 0 Å². The van der Waals surface area contributed by atoms with Crippen molar-refractivity contribution in [1.29, 1.82) is 0 Å². The highest BCUT2D eigenvalue weighted by atomic mass is 16.6. The van der Waals surface area contributed by atoms with Crippen LogP contribution < -0.4 is 4.90 Å². The summed E-state index contributed by atoms with van der Waals surface area (Å²) >= 11 is 0. The van der Waals surface area contributed by atoms with Crippen LogP contribution in [0.2, 0.25) is 0 Å². The molecule has 2 aromatic rings. The summed E-state index contributed by atoms with van der Waals surface area (Å²) in [7, 11) is 0. The molecule has 1 unspecified atom stereocenters. The Morgan fingerprint density at radius 1 is 1.21 bits per heavy atom. The second-order valence-corrected chi connectivity index (χ2v) is 9.15. The molecule has 0 saturated carbocycles. The molecule has 0 bridgehead atoms. The van der Waals surface area contributed by atoms with Gasteiger partial charge in [0, 0.05) is 42.5 Å². The molecular formula is C22H29N3O3. The molecule has 1 aromatic heterocycles. The molecule has 6 nitrogen and oxygen atoms in total. The maximum absolute atomic E-state index is 12.4. The Bertz CT molecular complexity index is 892. The van der Waals surface area contributed by atoms with Crippen molar-refractivity contribution in [3.05, 3.63) is 35.9 Å². The number of aromatic nitrogens is 1. The summed E-state index contributed by atoms with van der Waals surface area (Å²) in [5, 5.41) is 10.9. The molecule has 0 radical (unpaired) electrons. The van der Waals surface area contributed by atoms with E-state index in [0.717, 1.165) is 61.3 Å². The summed E-state index contributed by atoms with van der Waals surface area (Å²) < 4.78 is 5.55. The first-order valence-corrected chi connectivity index (χ1v) is 10.0. The Kier molecular flexibility index (Phi) is 4.70. The predicted octanol–water partition coefficient (Wildman–Crippen LogP) is 3.56. The lowest BCUT2D eigenvalue weighted by atomic mass is 9.86. The van der Waals surface area contributed by atoms with E-state index in [0.29, 0.717) is 0 Å². The van der Waals surface area contributed by atoms with Crippen molar-refractivity contribution in [2.75, 3.05) is 31.1 Å². The van der Waals surface area contributed by atoms with Crippen molar-refractivity contribution in [3.8, 4) is 0 Å². The van der Waals surface area contributed by atoms with E-state index in [-0.39, 0.29) is 18.1 Å². The van der Waals surface area contributed by atoms with Crippen molar-refractivity contribution in [1.82, 2.24) is 9.88 Å². The van der Waals surface area contributed by atoms with Gasteiger partial charge < -0.3 is 19.6 Å². The van der Waals surface area contributed by atoms with Crippen molar-refractivity contribution in [3.63, 3.8) is 0 Å². The van der Waals surface area contributed by atoms with Gasteiger partial charge in [0.05, 0.1) is 12.1 Å². The highest BCUT2D eigenvalue weighted by molar-refractivity contribution is 5.82. The Hall–Kier alpha value is -2.34. The number of fused-ring (bicyclic) bond motifs is 1. The van der Waals surface area contributed by atoms with Crippen LogP contribution in [0.4, 0.5) is 10.6 Å². The van der Waals surface area contributed by atoms with Gasteiger partial charge in [-0.3, -0.25) is 0 Å². The average molecular weight is 383 g/mol. The fourth-order valence-corrected chi connectivity index (χ4v) is 4.41. The SMILES string of the molecule is CC(C)(C)OC(=O)N1CCC2(CCN(c3nc4ccccc4cc3CO)C2)C1. The minimum Gasteiger partial charge on any atom is -0.444 e. The third kappa shape index (κ3) is 3.65. The maximum atomic E-state index is 12.4. The molecular weight excluding hydrogens is 354 g/mol. The standard InChI is InChI=1S/C22H29N3O3/c1-21(2,3)28-20(27)25-11-9-22(15-25)8-10-24(14-22)19-17(13-26)12-16-6-4-5-7-18(16)23-19/h4-7,12,26H,8-11,13-15H2,1-3H3. The van der Waals surface area contributed by atoms with Crippen LogP contribution in [0.25, 0.3) is 10.9 Å². The zero-order valence-electron chi connectivity index (χ0n) is 16.9. The minimum atomic E-state index is -0.473. The number of pyridine rings is 1. The van der Waals surface area contributed by atoms with Crippen LogP contribution in [-0.4, -0.2) is 52.9 Å². The first-order valence-electron chi connectivity index (χ1n) is 10.0. The van der Waals surface area contributed by atoms with E-state index in [9.17, 15) is 9.90 Å². The summed E-state index contributed by atoms with van der Waals surface area (Å²) in [6.45, 7) is 8.87. The van der Waals surface area contributed by atoms with E-state index in [2.05, 4.69) is 4.90 Å². The predicted molar refractivity (Wildman–Crippen MR) is 109 cm³/mol. The van der Waals surface area contributed by atoms with Gasteiger partial charge in [-0.05, 0) is 45.7 Å². The number of carbonyl (C=O) groups excluding carboxylic acids is 1. The summed E-state index contributed by atoms with van der Waals surface area (Å²) in [6, 6.07) is 10.0. The Balaban J connectivity index is 1.52. The number of nitrogens with zero attached hydrogens (tertiary/aromatic N) is 3. The Morgan fingerprint density at radius 3 is 2.71 bits per heavy atom. The number of amides is 1. The normalized spacial score (nSPS) is 22.4. The topological polar surface area (TPSA) is 65.9 Å². The number of aliphatic hydroxyl groups is 1. The molecule has 1 atom stereocenters. The van der Waals surface area contributed by atoms with Crippen LogP contribution >= 0.6 is 0 Å². The summed E-state index contributed by atoms with van der Waals surface area (Å²) in [6.07, 6.45) is 1.78. The lowest BCUT2D eigenvalue weighted by molar-refractivity contribution is 0.0276. The second-order valence-electron chi connectivity index (χ2n) is 9.15. The van der Waals surface area contributed by atoms with Gasteiger partial charge in [-0.1, -0.05) is 18.2 Å². The average Bonchev–Trinajstić information content (AvgIpc) is 3.26. The zero-order chi connectivity index (χ0) is 19.9. The Labute approximate surface area is 166 Å². The number of rotatable bonds is 2. The summed E-state index contributed by atoms with van der Waals surface area (Å²) in [5.74, 6) is 0.869. The lowest BCUT2D eigenvalue weighted by Gasteiger charge is -2.27. The minimum absolute atomic E-state index is 0.0271. The summed E-state index contributed by atoms with van der Waals surface area (Å²) in [4.78, 5) is 21.4. The number of aliphatic hydroxyl groups excluding tert-OH is 1. The number of ether oxygens (including phenoxy) is 1. The smallest absolute Gasteiger partial charge is 0.410 e. The van der Waals surface area contributed by atoms with Crippen molar-refractivity contribution >= 4 is 22.8 Å². The van der Waals surface area contributed by atoms with Crippen LogP contribution in [0.3, 0.4) is 0 Å². The van der Waals surface area contributed by atoms with Gasteiger partial charge in [0.15, 0.2) is 0 Å². The monoisotopic (exact) mass is 383 g/mol. The van der Waals surface area contributed by atoms with Crippen LogP contribution in [0, 0.1) is 5.41 Å². The maximum Gasteiger partial charge on any atom is 0.410 e. The molecule has 3 heterocycles. The van der Waals surface area contributed by atoms with Crippen molar-refractivity contribution < 1.29 is 14.6 Å². The van der Waals surface area contributed by atoms with Gasteiger partial charge in [-0.25, -0.2) is 9.78 Å². The number of hydrogen-bond acceptors (Lipinski definition) is 5. The van der Waals surface area contributed by atoms with Crippen molar-refractivity contribution in [2.45, 2.75) is 45.8 Å². The largest absolute Gasteiger partial charge is 0.444 e. The van der Waals surface area contributed by atoms with Crippen molar-refractivity contribution in [2.24, 2.45) is 5.41 Å². The van der Waals surface area contributed by atoms with Gasteiger partial charge in [0.25, 0.3) is 0 Å². The molecule has 2 fully saturated rings. The molecule has 2 saturated heterocycles. The van der Waals surface area contributed by atoms with E-state index in [1.807, 2.05) is 56.0 Å². The van der Waals surface area contributed by atoms with E-state index in [1.54, 1.807) is 0 Å². The number of hydrogen-bond donors (Lipinski definition) is 1. The molecule has 0 aliphatic carbocycles. The van der Waals surface area contributed by atoms with E-state index in [4.69, 9.17) is 9.72 Å². The van der Waals surface area contributed by atoms with Crippen LogP contribution in [0.15, 0.2) is 30.3 Å². The fraction of sp³-hybridized carbons (Fsp3) is 0.545. The molecule has 150 valence electrons. The molecule has 1 spiro atoms. The number of anilines is 1. The number of benzene rings is 1. The number of likely N-dealkylation sites (tertiary alicyclic amines) is 1. The summed E-state index contributed by atoms with van der Waals surface area (Å²) in [5.41, 5.74) is 1.41. The van der Waals surface area contributed by atoms with Gasteiger partial charge in [-0.15, -0.1) is 0 Å². The van der Waals surface area contributed by atoms with Gasteiger partial charge in [0.2, 0.25) is 0 Å². The molecule has 28 heavy (non-hydrogen) atoms. The van der Waals surface area contributed by atoms with Gasteiger partial charge in [0.1, 0.15) is 11.4 Å². The van der Waals surface area contributed by atoms with Crippen LogP contribution in [0.1, 0.15) is 39.2 Å². The molecule has 4 rings (SSSR count). The fourth-order valence-electron chi connectivity index (χ4n) is 4.41. The van der Waals surface area contributed by atoms with Gasteiger partial charge in [-0.2, -0.15) is 0 Å². The van der Waals surface area contributed by atoms with Gasteiger partial charge >= 0.3 is 6.09 Å². The second kappa shape index (κ2) is 6.92. The third-order valence-electron chi connectivity index (χ3n) is 5.78. The zero-order valence-corrected chi connectivity index (χ0v) is 16.9. The Morgan fingerprint density at radius 2 is 1.96 bits per heavy atom. The van der Waals surface area contributed by atoms with Crippen LogP contribution in [-0.2, 0) is 11.3 Å². The molecule has 2 aliphatic rings. The van der Waals surface area contributed by atoms with E-state index in [1.165, 1.54) is 0 Å². The molecule has 1 N–H and O–H groups in total. The highest BCUT2D eigenvalue weighted by Gasteiger charge is 2.46. The van der Waals surface area contributed by atoms with E-state index < -0.39 is 5.60 Å². The first-order chi connectivity index (χ1) is 13.3. The highest BCUT2D eigenvalue weighted by Crippen LogP contribution is 2.42. The third-order valence-corrected chi connectivity index (χ3v) is 5.78. The number of carbonyl (C=O) groups is 1. The first kappa shape index (κ1) is 19.0.